The predicted molar refractivity (Wildman–Crippen MR) is 76.9 cm³/mol. The molecule has 6 heteroatoms. The zero-order valence-electron chi connectivity index (χ0n) is 12.0. The molecule has 114 valence electrons. The number of aryl methyl sites for hydroxylation is 1. The van der Waals surface area contributed by atoms with Gasteiger partial charge in [0.25, 0.3) is 0 Å². The van der Waals surface area contributed by atoms with Crippen molar-refractivity contribution in [2.24, 2.45) is 0 Å². The summed E-state index contributed by atoms with van der Waals surface area (Å²) in [5.41, 5.74) is 2.19. The van der Waals surface area contributed by atoms with Crippen LogP contribution in [-0.4, -0.2) is 35.9 Å². The second kappa shape index (κ2) is 7.08. The first-order valence-corrected chi connectivity index (χ1v) is 7.00. The molecule has 1 heterocycles. The van der Waals surface area contributed by atoms with Gasteiger partial charge in [-0.2, -0.15) is 0 Å². The third kappa shape index (κ3) is 4.46. The minimum atomic E-state index is -0.943. The normalized spacial score (nSPS) is 21.0. The zero-order valence-corrected chi connectivity index (χ0v) is 12.0. The Bertz CT molecular complexity index is 518. The molecule has 0 spiro atoms. The second-order valence-electron chi connectivity index (χ2n) is 5.15. The summed E-state index contributed by atoms with van der Waals surface area (Å²) >= 11 is 0. The molecule has 21 heavy (non-hydrogen) atoms. The van der Waals surface area contributed by atoms with Gasteiger partial charge in [-0.05, 0) is 30.9 Å². The largest absolute Gasteiger partial charge is 0.479 e. The fraction of sp³-hybridized carbons (Fsp3) is 0.467. The molecule has 0 saturated carbocycles. The maximum atomic E-state index is 11.7. The number of rotatable bonds is 5. The Morgan fingerprint density at radius 2 is 2.05 bits per heavy atom. The van der Waals surface area contributed by atoms with Crippen molar-refractivity contribution in [3.05, 3.63) is 35.4 Å². The molecule has 3 N–H and O–H groups in total. The van der Waals surface area contributed by atoms with Gasteiger partial charge in [-0.3, -0.25) is 0 Å². The molecule has 0 aromatic heterocycles. The Labute approximate surface area is 123 Å². The van der Waals surface area contributed by atoms with E-state index in [1.54, 1.807) is 0 Å². The maximum absolute atomic E-state index is 11.7. The molecular weight excluding hydrogens is 272 g/mol. The number of carboxylic acids is 1. The van der Waals surface area contributed by atoms with E-state index in [1.807, 2.05) is 31.2 Å². The summed E-state index contributed by atoms with van der Waals surface area (Å²) in [7, 11) is 0. The van der Waals surface area contributed by atoms with E-state index >= 15 is 0 Å². The van der Waals surface area contributed by atoms with Crippen molar-refractivity contribution in [1.29, 1.82) is 0 Å². The molecule has 0 bridgehead atoms. The van der Waals surface area contributed by atoms with Crippen molar-refractivity contribution in [3.8, 4) is 0 Å². The number of carbonyl (C=O) groups excluding carboxylic acids is 1. The topological polar surface area (TPSA) is 87.7 Å². The van der Waals surface area contributed by atoms with Gasteiger partial charge in [-0.15, -0.1) is 0 Å². The molecule has 6 nitrogen and oxygen atoms in total. The summed E-state index contributed by atoms with van der Waals surface area (Å²) in [6.07, 6.45) is 0.170. The van der Waals surface area contributed by atoms with Crippen LogP contribution in [0.25, 0.3) is 0 Å². The quantitative estimate of drug-likeness (QED) is 0.766. The van der Waals surface area contributed by atoms with Crippen LogP contribution in [-0.2, 0) is 16.1 Å². The number of urea groups is 1. The Morgan fingerprint density at radius 1 is 1.29 bits per heavy atom. The van der Waals surface area contributed by atoms with Gasteiger partial charge in [-0.25, -0.2) is 9.59 Å². The highest BCUT2D eigenvalue weighted by molar-refractivity contribution is 5.74. The SMILES string of the molecule is Cc1ccccc1CNC(=O)NCC1CCC(C(=O)O)O1. The van der Waals surface area contributed by atoms with Gasteiger partial charge in [-0.1, -0.05) is 24.3 Å². The fourth-order valence-corrected chi connectivity index (χ4v) is 2.29. The highest BCUT2D eigenvalue weighted by Gasteiger charge is 2.30. The Balaban J connectivity index is 1.69. The summed E-state index contributed by atoms with van der Waals surface area (Å²) < 4.78 is 5.31. The molecular formula is C15H20N2O4. The van der Waals surface area contributed by atoms with Gasteiger partial charge >= 0.3 is 12.0 Å². The van der Waals surface area contributed by atoms with Crippen molar-refractivity contribution in [3.63, 3.8) is 0 Å². The molecule has 1 aliphatic rings. The minimum Gasteiger partial charge on any atom is -0.479 e. The van der Waals surface area contributed by atoms with E-state index < -0.39 is 12.1 Å². The number of amides is 2. The molecule has 0 radical (unpaired) electrons. The standard InChI is InChI=1S/C15H20N2O4/c1-10-4-2-3-5-11(10)8-16-15(20)17-9-12-6-7-13(21-12)14(18)19/h2-5,12-13H,6-9H2,1H3,(H,18,19)(H2,16,17,20). The van der Waals surface area contributed by atoms with Gasteiger partial charge in [0, 0.05) is 13.1 Å². The number of carboxylic acid groups (broad SMARTS) is 1. The van der Waals surface area contributed by atoms with Gasteiger partial charge < -0.3 is 20.5 Å². The Hall–Kier alpha value is -2.08. The zero-order chi connectivity index (χ0) is 15.2. The molecule has 0 aliphatic carbocycles. The van der Waals surface area contributed by atoms with Crippen molar-refractivity contribution in [1.82, 2.24) is 10.6 Å². The average molecular weight is 292 g/mol. The lowest BCUT2D eigenvalue weighted by atomic mass is 10.1. The van der Waals surface area contributed by atoms with E-state index in [9.17, 15) is 9.59 Å². The molecule has 1 aromatic carbocycles. The molecule has 2 rings (SSSR count). The average Bonchev–Trinajstić information content (AvgIpc) is 2.93. The van der Waals surface area contributed by atoms with Crippen LogP contribution in [0, 0.1) is 6.92 Å². The number of ether oxygens (including phenoxy) is 1. The van der Waals surface area contributed by atoms with Crippen LogP contribution >= 0.6 is 0 Å². The van der Waals surface area contributed by atoms with E-state index in [0.717, 1.165) is 11.1 Å². The van der Waals surface area contributed by atoms with E-state index in [0.29, 0.717) is 25.9 Å². The van der Waals surface area contributed by atoms with Crippen molar-refractivity contribution < 1.29 is 19.4 Å². The predicted octanol–water partition coefficient (Wildman–Crippen LogP) is 1.43. The lowest BCUT2D eigenvalue weighted by molar-refractivity contribution is -0.149. The third-order valence-electron chi connectivity index (χ3n) is 3.57. The smallest absolute Gasteiger partial charge is 0.332 e. The maximum Gasteiger partial charge on any atom is 0.332 e. The van der Waals surface area contributed by atoms with E-state index in [-0.39, 0.29) is 12.1 Å². The molecule has 1 saturated heterocycles. The number of nitrogens with one attached hydrogen (secondary N) is 2. The summed E-state index contributed by atoms with van der Waals surface area (Å²) in [5.74, 6) is -0.943. The van der Waals surface area contributed by atoms with Crippen LogP contribution in [0.15, 0.2) is 24.3 Å². The van der Waals surface area contributed by atoms with E-state index in [1.165, 1.54) is 0 Å². The summed E-state index contributed by atoms with van der Waals surface area (Å²) in [5, 5.41) is 14.3. The fourth-order valence-electron chi connectivity index (χ4n) is 2.29. The molecule has 1 aliphatic heterocycles. The second-order valence-corrected chi connectivity index (χ2v) is 5.15. The highest BCUT2D eigenvalue weighted by atomic mass is 16.5. The Kier molecular flexibility index (Phi) is 5.16. The number of benzene rings is 1. The minimum absolute atomic E-state index is 0.227. The van der Waals surface area contributed by atoms with Crippen LogP contribution in [0.4, 0.5) is 4.79 Å². The molecule has 2 amide bonds. The lowest BCUT2D eigenvalue weighted by Crippen LogP contribution is -2.39. The molecule has 2 atom stereocenters. The summed E-state index contributed by atoms with van der Waals surface area (Å²) in [6, 6.07) is 7.57. The van der Waals surface area contributed by atoms with Crippen LogP contribution in [0.5, 0.6) is 0 Å². The lowest BCUT2D eigenvalue weighted by Gasteiger charge is -2.13. The molecule has 1 aromatic rings. The van der Waals surface area contributed by atoms with Gasteiger partial charge in [0.05, 0.1) is 6.10 Å². The van der Waals surface area contributed by atoms with Crippen molar-refractivity contribution in [2.45, 2.75) is 38.5 Å². The number of carbonyl (C=O) groups is 2. The Morgan fingerprint density at radius 3 is 2.71 bits per heavy atom. The van der Waals surface area contributed by atoms with Crippen LogP contribution < -0.4 is 10.6 Å². The van der Waals surface area contributed by atoms with Crippen LogP contribution in [0.2, 0.25) is 0 Å². The highest BCUT2D eigenvalue weighted by Crippen LogP contribution is 2.19. The molecule has 2 unspecified atom stereocenters. The first-order valence-electron chi connectivity index (χ1n) is 7.00. The van der Waals surface area contributed by atoms with Crippen LogP contribution in [0.1, 0.15) is 24.0 Å². The van der Waals surface area contributed by atoms with Crippen LogP contribution in [0.3, 0.4) is 0 Å². The number of hydrogen-bond donors (Lipinski definition) is 3. The van der Waals surface area contributed by atoms with Gasteiger partial charge in [0.15, 0.2) is 6.10 Å². The monoisotopic (exact) mass is 292 g/mol. The third-order valence-corrected chi connectivity index (χ3v) is 3.57. The summed E-state index contributed by atoms with van der Waals surface area (Å²) in [4.78, 5) is 22.5. The van der Waals surface area contributed by atoms with E-state index in [2.05, 4.69) is 10.6 Å². The van der Waals surface area contributed by atoms with Gasteiger partial charge in [0.1, 0.15) is 0 Å². The van der Waals surface area contributed by atoms with Crippen molar-refractivity contribution in [2.75, 3.05) is 6.54 Å². The van der Waals surface area contributed by atoms with Crippen molar-refractivity contribution >= 4 is 12.0 Å². The number of hydrogen-bond acceptors (Lipinski definition) is 3. The summed E-state index contributed by atoms with van der Waals surface area (Å²) in [6.45, 7) is 2.78. The van der Waals surface area contributed by atoms with Gasteiger partial charge in [0.2, 0.25) is 0 Å². The first-order chi connectivity index (χ1) is 10.1. The molecule has 1 fully saturated rings. The first kappa shape index (κ1) is 15.3. The number of aliphatic carboxylic acids is 1. The van der Waals surface area contributed by atoms with E-state index in [4.69, 9.17) is 9.84 Å².